The molecule has 0 radical (unpaired) electrons. The number of azo groups is 2. The van der Waals surface area contributed by atoms with E-state index in [1.807, 2.05) is 13.8 Å². The lowest BCUT2D eigenvalue weighted by Crippen LogP contribution is -2.32. The van der Waals surface area contributed by atoms with Gasteiger partial charge in [-0.1, -0.05) is 70.7 Å². The number of Topliss-reactive ketones (excluding diaryl/α,β-unsaturated/α-hetero) is 2. The fourth-order valence-corrected chi connectivity index (χ4v) is 6.70. The van der Waals surface area contributed by atoms with Gasteiger partial charge in [0.25, 0.3) is 23.6 Å². The van der Waals surface area contributed by atoms with E-state index >= 15 is 0 Å². The molecule has 0 aromatic heterocycles. The van der Waals surface area contributed by atoms with E-state index < -0.39 is 47.3 Å². The Labute approximate surface area is 397 Å². The molecule has 0 aliphatic carbocycles. The second-order valence-electron chi connectivity index (χ2n) is 14.0. The van der Waals surface area contributed by atoms with Gasteiger partial charge in [0.2, 0.25) is 12.1 Å². The zero-order valence-electron chi connectivity index (χ0n) is 34.1. The summed E-state index contributed by atoms with van der Waals surface area (Å²) in [7, 11) is 0. The number of anilines is 4. The molecule has 5 aromatic rings. The number of hydrogen-bond donors (Lipinski definition) is 4. The fourth-order valence-electron chi connectivity index (χ4n) is 5.59. The second kappa shape index (κ2) is 22.2. The SMILES string of the molecule is CC(=O)C(N=Nc1ccc(Cl)c(C(=O)Nc2ccc(C(C)Cl)cc2)c1)C(=O)Nc1cc(Cl)c(NC(=O)C(N=Nc2ccc(Cl)c(C(=O)Nc3ccc(C(C)Cl)cc3)c2)C(C)=O)cc1Cl. The molecule has 4 N–H and O–H groups in total. The van der Waals surface area contributed by atoms with Gasteiger partial charge in [0.1, 0.15) is 0 Å². The summed E-state index contributed by atoms with van der Waals surface area (Å²) < 4.78 is 0. The average Bonchev–Trinajstić information content (AvgIpc) is 3.23. The molecule has 330 valence electrons. The third-order valence-corrected chi connectivity index (χ3v) is 10.9. The van der Waals surface area contributed by atoms with Crippen LogP contribution in [0.1, 0.15) is 70.3 Å². The third-order valence-electron chi connectivity index (χ3n) is 9.06. The fraction of sp³-hybridized carbons (Fsp3) is 0.182. The van der Waals surface area contributed by atoms with Crippen molar-refractivity contribution in [3.05, 3.63) is 139 Å². The summed E-state index contributed by atoms with van der Waals surface area (Å²) in [6.07, 6.45) is 0. The summed E-state index contributed by atoms with van der Waals surface area (Å²) in [5.41, 5.74) is 2.97. The van der Waals surface area contributed by atoms with Crippen molar-refractivity contribution in [2.24, 2.45) is 20.5 Å². The van der Waals surface area contributed by atoms with Crippen molar-refractivity contribution >= 4 is 139 Å². The maximum absolute atomic E-state index is 13.3. The van der Waals surface area contributed by atoms with E-state index in [2.05, 4.69) is 41.7 Å². The Hall–Kier alpha value is -5.74. The van der Waals surface area contributed by atoms with Crippen LogP contribution < -0.4 is 21.3 Å². The molecule has 4 amide bonds. The lowest BCUT2D eigenvalue weighted by atomic mass is 10.1. The number of alkyl halides is 2. The molecule has 0 aliphatic heterocycles. The topological polar surface area (TPSA) is 200 Å². The van der Waals surface area contributed by atoms with Gasteiger partial charge in [0.05, 0.1) is 64.7 Å². The number of rotatable bonds is 16. The number of amides is 4. The third kappa shape index (κ3) is 13.2. The Morgan fingerprint density at radius 2 is 0.812 bits per heavy atom. The lowest BCUT2D eigenvalue weighted by molar-refractivity contribution is -0.127. The first-order valence-corrected chi connectivity index (χ1v) is 21.3. The predicted molar refractivity (Wildman–Crippen MR) is 252 cm³/mol. The highest BCUT2D eigenvalue weighted by atomic mass is 35.5. The molecule has 20 heteroatoms. The van der Waals surface area contributed by atoms with Crippen LogP contribution in [-0.4, -0.2) is 47.3 Å². The molecule has 5 aromatic carbocycles. The van der Waals surface area contributed by atoms with E-state index in [1.54, 1.807) is 48.5 Å². The minimum atomic E-state index is -1.66. The van der Waals surface area contributed by atoms with Crippen molar-refractivity contribution < 1.29 is 28.8 Å². The van der Waals surface area contributed by atoms with Crippen LogP contribution in [0, 0.1) is 0 Å². The molecule has 5 rings (SSSR count). The quantitative estimate of drug-likeness (QED) is 0.0430. The maximum Gasteiger partial charge on any atom is 0.258 e. The summed E-state index contributed by atoms with van der Waals surface area (Å²) in [5.74, 6) is -4.30. The van der Waals surface area contributed by atoms with Crippen LogP contribution in [0.4, 0.5) is 34.1 Å². The van der Waals surface area contributed by atoms with Crippen molar-refractivity contribution in [3.8, 4) is 0 Å². The van der Waals surface area contributed by atoms with E-state index in [0.29, 0.717) is 11.4 Å². The molecular weight excluding hydrogens is 949 g/mol. The van der Waals surface area contributed by atoms with E-state index in [1.165, 1.54) is 48.5 Å². The van der Waals surface area contributed by atoms with Gasteiger partial charge in [-0.3, -0.25) is 28.8 Å². The summed E-state index contributed by atoms with van der Waals surface area (Å²) in [5, 5.41) is 25.9. The van der Waals surface area contributed by atoms with Crippen molar-refractivity contribution in [1.82, 2.24) is 0 Å². The van der Waals surface area contributed by atoms with Gasteiger partial charge in [-0.2, -0.15) is 20.5 Å². The van der Waals surface area contributed by atoms with Crippen LogP contribution in [0.15, 0.2) is 118 Å². The minimum absolute atomic E-state index is 0.0534. The van der Waals surface area contributed by atoms with Crippen molar-refractivity contribution in [1.29, 1.82) is 0 Å². The molecule has 0 fully saturated rings. The zero-order chi connectivity index (χ0) is 46.8. The Bertz CT molecular complexity index is 2490. The summed E-state index contributed by atoms with van der Waals surface area (Å²) in [6, 6.07) is 21.4. The smallest absolute Gasteiger partial charge is 0.258 e. The summed E-state index contributed by atoms with van der Waals surface area (Å²) >= 11 is 37.7. The van der Waals surface area contributed by atoms with E-state index in [-0.39, 0.29) is 64.7 Å². The van der Waals surface area contributed by atoms with Gasteiger partial charge < -0.3 is 21.3 Å². The Morgan fingerprint density at radius 1 is 0.469 bits per heavy atom. The standard InChI is InChI=1S/C44H36Cl6N8O6/c1-21(45)25-5-9-27(10-6-25)51-41(61)31-17-29(13-15-33(31)47)55-57-39(23(3)59)43(63)53-37-19-36(50)38(20-35(37)49)54-44(64)40(24(4)60)58-56-30-14-16-34(48)32(18-30)42(62)52-28-11-7-26(8-12-28)22(2)46/h5-22,39-40H,1-4H3,(H,51,61)(H,52,62)(H,53,63)(H,54,64). The Morgan fingerprint density at radius 3 is 1.12 bits per heavy atom. The number of halogens is 6. The molecule has 0 heterocycles. The highest BCUT2D eigenvalue weighted by molar-refractivity contribution is 6.38. The van der Waals surface area contributed by atoms with E-state index in [4.69, 9.17) is 69.6 Å². The Kier molecular flexibility index (Phi) is 17.1. The molecule has 0 bridgehead atoms. The van der Waals surface area contributed by atoms with Crippen molar-refractivity contribution in [2.75, 3.05) is 21.3 Å². The molecule has 14 nitrogen and oxygen atoms in total. The summed E-state index contributed by atoms with van der Waals surface area (Å²) in [6.45, 7) is 5.90. The molecule has 4 atom stereocenters. The first kappa shape index (κ1) is 49.3. The first-order chi connectivity index (χ1) is 30.3. The first-order valence-electron chi connectivity index (χ1n) is 18.9. The number of nitrogens with zero attached hydrogens (tertiary/aromatic N) is 4. The zero-order valence-corrected chi connectivity index (χ0v) is 38.6. The lowest BCUT2D eigenvalue weighted by Gasteiger charge is -2.15. The number of hydrogen-bond acceptors (Lipinski definition) is 10. The van der Waals surface area contributed by atoms with Gasteiger partial charge in [0, 0.05) is 11.4 Å². The second-order valence-corrected chi connectivity index (χ2v) is 16.9. The monoisotopic (exact) mass is 982 g/mol. The molecule has 0 aliphatic rings. The largest absolute Gasteiger partial charge is 0.322 e. The molecule has 0 spiro atoms. The Balaban J connectivity index is 1.24. The van der Waals surface area contributed by atoms with Gasteiger partial charge in [-0.25, -0.2) is 0 Å². The molecule has 0 saturated heterocycles. The van der Waals surface area contributed by atoms with Gasteiger partial charge in [-0.05, 0) is 112 Å². The maximum atomic E-state index is 13.3. The van der Waals surface area contributed by atoms with E-state index in [0.717, 1.165) is 25.0 Å². The van der Waals surface area contributed by atoms with Gasteiger partial charge in [0.15, 0.2) is 11.6 Å². The molecule has 0 saturated carbocycles. The van der Waals surface area contributed by atoms with Crippen LogP contribution in [0.5, 0.6) is 0 Å². The number of carbonyl (C=O) groups is 6. The highest BCUT2D eigenvalue weighted by Gasteiger charge is 2.27. The normalized spacial score (nSPS) is 13.2. The predicted octanol–water partition coefficient (Wildman–Crippen LogP) is 12.8. The van der Waals surface area contributed by atoms with Crippen molar-refractivity contribution in [2.45, 2.75) is 50.5 Å². The molecular formula is C44H36Cl6N8O6. The number of ketones is 2. The summed E-state index contributed by atoms with van der Waals surface area (Å²) in [4.78, 5) is 77.8. The number of carbonyl (C=O) groups excluding carboxylic acids is 6. The average molecular weight is 986 g/mol. The van der Waals surface area contributed by atoms with Crippen LogP contribution >= 0.6 is 69.6 Å². The van der Waals surface area contributed by atoms with Crippen LogP contribution in [0.3, 0.4) is 0 Å². The van der Waals surface area contributed by atoms with Gasteiger partial charge in [-0.15, -0.1) is 23.2 Å². The minimum Gasteiger partial charge on any atom is -0.322 e. The number of benzene rings is 5. The highest BCUT2D eigenvalue weighted by Crippen LogP contribution is 2.34. The van der Waals surface area contributed by atoms with Gasteiger partial charge >= 0.3 is 0 Å². The van der Waals surface area contributed by atoms with Crippen LogP contribution in [0.2, 0.25) is 20.1 Å². The molecule has 4 unspecified atom stereocenters. The number of nitrogens with one attached hydrogen (secondary N) is 4. The van der Waals surface area contributed by atoms with Crippen LogP contribution in [0.25, 0.3) is 0 Å². The van der Waals surface area contributed by atoms with Crippen LogP contribution in [-0.2, 0) is 19.2 Å². The molecule has 64 heavy (non-hydrogen) atoms. The van der Waals surface area contributed by atoms with E-state index in [9.17, 15) is 28.8 Å². The van der Waals surface area contributed by atoms with Crippen molar-refractivity contribution in [3.63, 3.8) is 0 Å².